The Labute approximate surface area is 105 Å². The third-order valence-electron chi connectivity index (χ3n) is 2.81. The molecule has 1 aromatic rings. The fourth-order valence-corrected chi connectivity index (χ4v) is 1.63. The van der Waals surface area contributed by atoms with Gasteiger partial charge in [0, 0.05) is 17.7 Å². The van der Waals surface area contributed by atoms with Crippen molar-refractivity contribution in [2.24, 2.45) is 11.1 Å². The van der Waals surface area contributed by atoms with Crippen LogP contribution in [0.25, 0.3) is 0 Å². The number of phenols is 1. The second-order valence-corrected chi connectivity index (χ2v) is 5.34. The lowest BCUT2D eigenvalue weighted by atomic mass is 9.82. The van der Waals surface area contributed by atoms with Gasteiger partial charge in [-0.2, -0.15) is 0 Å². The minimum atomic E-state index is -0.926. The van der Waals surface area contributed by atoms with Gasteiger partial charge < -0.3 is 15.9 Å². The number of phenolic OH excluding ortho intramolecular Hbond substituents is 1. The molecule has 0 fully saturated rings. The molecule has 0 spiro atoms. The van der Waals surface area contributed by atoms with E-state index in [9.17, 15) is 20.3 Å². The number of benzene rings is 1. The molecule has 0 aliphatic carbocycles. The van der Waals surface area contributed by atoms with Crippen molar-refractivity contribution in [2.45, 2.75) is 32.9 Å². The summed E-state index contributed by atoms with van der Waals surface area (Å²) < 4.78 is 0. The van der Waals surface area contributed by atoms with E-state index in [0.717, 1.165) is 0 Å². The molecular weight excluding hydrogens is 236 g/mol. The highest BCUT2D eigenvalue weighted by atomic mass is 16.6. The SMILES string of the molecule is CC(C)(C)[C@H](O)[C@H](N)c1cc([N+](=O)[O-])ccc1O. The molecule has 0 aromatic heterocycles. The molecule has 0 amide bonds. The summed E-state index contributed by atoms with van der Waals surface area (Å²) in [4.78, 5) is 10.1. The fraction of sp³-hybridized carbons (Fsp3) is 0.500. The molecule has 0 bridgehead atoms. The van der Waals surface area contributed by atoms with Crippen molar-refractivity contribution in [3.05, 3.63) is 33.9 Å². The molecular formula is C12H18N2O4. The van der Waals surface area contributed by atoms with Crippen molar-refractivity contribution in [1.82, 2.24) is 0 Å². The predicted molar refractivity (Wildman–Crippen MR) is 67.2 cm³/mol. The number of hydrogen-bond acceptors (Lipinski definition) is 5. The van der Waals surface area contributed by atoms with Gasteiger partial charge in [-0.1, -0.05) is 20.8 Å². The predicted octanol–water partition coefficient (Wildman–Crippen LogP) is 1.71. The summed E-state index contributed by atoms with van der Waals surface area (Å²) in [5, 5.41) is 30.4. The van der Waals surface area contributed by atoms with Crippen LogP contribution >= 0.6 is 0 Å². The summed E-state index contributed by atoms with van der Waals surface area (Å²) >= 11 is 0. The molecule has 100 valence electrons. The normalized spacial score (nSPS) is 15.2. The Bertz CT molecular complexity index is 454. The minimum absolute atomic E-state index is 0.156. The van der Waals surface area contributed by atoms with Gasteiger partial charge in [0.15, 0.2) is 0 Å². The number of rotatable bonds is 3. The number of hydrogen-bond donors (Lipinski definition) is 3. The van der Waals surface area contributed by atoms with Crippen LogP contribution in [0.3, 0.4) is 0 Å². The molecule has 4 N–H and O–H groups in total. The average molecular weight is 254 g/mol. The van der Waals surface area contributed by atoms with Crippen LogP contribution in [0, 0.1) is 15.5 Å². The molecule has 0 unspecified atom stereocenters. The highest BCUT2D eigenvalue weighted by Crippen LogP contribution is 2.34. The van der Waals surface area contributed by atoms with Crippen molar-refractivity contribution >= 4 is 5.69 Å². The molecule has 0 heterocycles. The summed E-state index contributed by atoms with van der Waals surface area (Å²) in [6.07, 6.45) is -0.926. The van der Waals surface area contributed by atoms with Crippen LogP contribution in [0.5, 0.6) is 5.75 Å². The van der Waals surface area contributed by atoms with E-state index in [0.29, 0.717) is 0 Å². The van der Waals surface area contributed by atoms with Gasteiger partial charge in [-0.3, -0.25) is 10.1 Å². The van der Waals surface area contributed by atoms with Crippen molar-refractivity contribution in [3.63, 3.8) is 0 Å². The lowest BCUT2D eigenvalue weighted by Gasteiger charge is -2.31. The largest absolute Gasteiger partial charge is 0.508 e. The zero-order valence-corrected chi connectivity index (χ0v) is 10.6. The molecule has 0 saturated carbocycles. The van der Waals surface area contributed by atoms with Crippen LogP contribution < -0.4 is 5.73 Å². The maximum Gasteiger partial charge on any atom is 0.270 e. The number of nitrogens with two attached hydrogens (primary N) is 1. The lowest BCUT2D eigenvalue weighted by molar-refractivity contribution is -0.385. The van der Waals surface area contributed by atoms with E-state index < -0.39 is 22.5 Å². The zero-order valence-electron chi connectivity index (χ0n) is 10.6. The summed E-state index contributed by atoms with van der Waals surface area (Å²) in [7, 11) is 0. The van der Waals surface area contributed by atoms with Crippen molar-refractivity contribution < 1.29 is 15.1 Å². The smallest absolute Gasteiger partial charge is 0.270 e. The molecule has 1 rings (SSSR count). The number of aliphatic hydroxyl groups is 1. The van der Waals surface area contributed by atoms with Gasteiger partial charge in [0.2, 0.25) is 0 Å². The Balaban J connectivity index is 3.16. The Morgan fingerprint density at radius 3 is 2.39 bits per heavy atom. The number of aromatic hydroxyl groups is 1. The van der Waals surface area contributed by atoms with E-state index in [1.165, 1.54) is 18.2 Å². The number of aliphatic hydroxyl groups excluding tert-OH is 1. The summed E-state index contributed by atoms with van der Waals surface area (Å²) in [5.41, 5.74) is 5.38. The zero-order chi connectivity index (χ0) is 14.1. The third kappa shape index (κ3) is 2.96. The highest BCUT2D eigenvalue weighted by molar-refractivity contribution is 5.45. The monoisotopic (exact) mass is 254 g/mol. The average Bonchev–Trinajstić information content (AvgIpc) is 2.26. The molecule has 6 nitrogen and oxygen atoms in total. The van der Waals surface area contributed by atoms with E-state index >= 15 is 0 Å². The molecule has 2 atom stereocenters. The van der Waals surface area contributed by atoms with Crippen LogP contribution in [-0.4, -0.2) is 21.2 Å². The Morgan fingerprint density at radius 1 is 1.39 bits per heavy atom. The number of non-ortho nitro benzene ring substituents is 1. The Hall–Kier alpha value is -1.66. The van der Waals surface area contributed by atoms with Crippen LogP contribution in [0.1, 0.15) is 32.4 Å². The number of nitrogens with zero attached hydrogens (tertiary/aromatic N) is 1. The molecule has 6 heteroatoms. The number of nitro benzene ring substituents is 1. The molecule has 0 saturated heterocycles. The molecule has 0 aliphatic rings. The molecule has 0 aliphatic heterocycles. The summed E-state index contributed by atoms with van der Waals surface area (Å²) in [6.45, 7) is 5.39. The van der Waals surface area contributed by atoms with Crippen molar-refractivity contribution in [2.75, 3.05) is 0 Å². The second-order valence-electron chi connectivity index (χ2n) is 5.34. The van der Waals surface area contributed by atoms with E-state index in [2.05, 4.69) is 0 Å². The lowest BCUT2D eigenvalue weighted by Crippen LogP contribution is -2.37. The van der Waals surface area contributed by atoms with Crippen LogP contribution in [-0.2, 0) is 0 Å². The van der Waals surface area contributed by atoms with Gasteiger partial charge in [0.05, 0.1) is 17.1 Å². The van der Waals surface area contributed by atoms with Crippen LogP contribution in [0.15, 0.2) is 18.2 Å². The first-order chi connectivity index (χ1) is 8.14. The van der Waals surface area contributed by atoms with Crippen LogP contribution in [0.4, 0.5) is 5.69 Å². The third-order valence-corrected chi connectivity index (χ3v) is 2.81. The van der Waals surface area contributed by atoms with Gasteiger partial charge in [0.25, 0.3) is 5.69 Å². The van der Waals surface area contributed by atoms with Gasteiger partial charge in [0.1, 0.15) is 5.75 Å². The van der Waals surface area contributed by atoms with E-state index in [1.54, 1.807) is 20.8 Å². The molecule has 18 heavy (non-hydrogen) atoms. The van der Waals surface area contributed by atoms with E-state index in [-0.39, 0.29) is 17.0 Å². The first-order valence-electron chi connectivity index (χ1n) is 5.55. The fourth-order valence-electron chi connectivity index (χ4n) is 1.63. The van der Waals surface area contributed by atoms with Gasteiger partial charge in [-0.15, -0.1) is 0 Å². The van der Waals surface area contributed by atoms with Crippen molar-refractivity contribution in [3.8, 4) is 5.75 Å². The topological polar surface area (TPSA) is 110 Å². The van der Waals surface area contributed by atoms with Crippen LogP contribution in [0.2, 0.25) is 0 Å². The standard InChI is InChI=1S/C12H18N2O4/c1-12(2,3)11(16)10(13)8-6-7(14(17)18)4-5-9(8)15/h4-6,10-11,15-16H,13H2,1-3H3/t10-,11-/m1/s1. The van der Waals surface area contributed by atoms with E-state index in [1.807, 2.05) is 0 Å². The Morgan fingerprint density at radius 2 is 1.94 bits per heavy atom. The summed E-state index contributed by atoms with van der Waals surface area (Å²) in [5.74, 6) is -0.156. The Kier molecular flexibility index (Phi) is 3.93. The second kappa shape index (κ2) is 4.91. The molecule has 1 aromatic carbocycles. The first-order valence-corrected chi connectivity index (χ1v) is 5.55. The molecule has 0 radical (unpaired) electrons. The first kappa shape index (κ1) is 14.4. The van der Waals surface area contributed by atoms with E-state index in [4.69, 9.17) is 5.73 Å². The van der Waals surface area contributed by atoms with Gasteiger partial charge in [-0.25, -0.2) is 0 Å². The minimum Gasteiger partial charge on any atom is -0.508 e. The quantitative estimate of drug-likeness (QED) is 0.561. The van der Waals surface area contributed by atoms with Gasteiger partial charge >= 0.3 is 0 Å². The highest BCUT2D eigenvalue weighted by Gasteiger charge is 2.31. The summed E-state index contributed by atoms with van der Waals surface area (Å²) in [6, 6.07) is 2.71. The van der Waals surface area contributed by atoms with Crippen molar-refractivity contribution in [1.29, 1.82) is 0 Å². The van der Waals surface area contributed by atoms with Gasteiger partial charge in [-0.05, 0) is 11.5 Å². The maximum atomic E-state index is 10.7. The number of nitro groups is 1. The maximum absolute atomic E-state index is 10.7.